The van der Waals surface area contributed by atoms with E-state index in [2.05, 4.69) is 0 Å². The number of imide groups is 1. The van der Waals surface area contributed by atoms with Gasteiger partial charge < -0.3 is 9.64 Å². The number of hydrogen-bond acceptors (Lipinski definition) is 10. The maximum absolute atomic E-state index is 13.8. The van der Waals surface area contributed by atoms with Gasteiger partial charge in [-0.2, -0.15) is 0 Å². The molecule has 3 atom stereocenters. The zero-order chi connectivity index (χ0) is 26.6. The lowest BCUT2D eigenvalue weighted by atomic mass is 9.87. The van der Waals surface area contributed by atoms with E-state index < -0.39 is 33.8 Å². The van der Waals surface area contributed by atoms with Gasteiger partial charge >= 0.3 is 4.87 Å². The summed E-state index contributed by atoms with van der Waals surface area (Å²) in [5.74, 6) is -2.34. The van der Waals surface area contributed by atoms with E-state index in [0.717, 1.165) is 32.9 Å². The van der Waals surface area contributed by atoms with Crippen molar-refractivity contribution in [3.05, 3.63) is 71.3 Å². The quantitative estimate of drug-likeness (QED) is 0.259. The number of aromatic nitrogens is 1. The normalized spacial score (nSPS) is 22.9. The van der Waals surface area contributed by atoms with Crippen LogP contribution in [-0.4, -0.2) is 63.7 Å². The number of anilines is 1. The standard InChI is InChI=1S/C24H20N4O7S3/c29-16(25-7-9-35-10-8-25)12-26-23-20(38-24(26)32)17(15-2-1-11-36-15)18-19(37-23)22(31)27(21(18)30)13-3-5-14(6-4-13)28(33)34/h1-6,11,17-19H,7-10,12H2/t17-,18?,19?/m0/s1. The number of rotatable bonds is 5. The molecule has 0 bridgehead atoms. The highest BCUT2D eigenvalue weighted by molar-refractivity contribution is 8.00. The maximum Gasteiger partial charge on any atom is 0.308 e. The molecule has 14 heteroatoms. The molecule has 2 aromatic heterocycles. The Kier molecular flexibility index (Phi) is 6.42. The summed E-state index contributed by atoms with van der Waals surface area (Å²) in [6.45, 7) is 1.63. The molecular formula is C24H20N4O7S3. The maximum atomic E-state index is 13.8. The molecule has 0 radical (unpaired) electrons. The highest BCUT2D eigenvalue weighted by atomic mass is 32.2. The fourth-order valence-electron chi connectivity index (χ4n) is 5.06. The minimum Gasteiger partial charge on any atom is -0.378 e. The van der Waals surface area contributed by atoms with Crippen LogP contribution in [0.2, 0.25) is 0 Å². The summed E-state index contributed by atoms with van der Waals surface area (Å²) in [5, 5.41) is 12.7. The molecule has 2 unspecified atom stereocenters. The molecule has 3 aliphatic rings. The first-order valence-electron chi connectivity index (χ1n) is 11.8. The Labute approximate surface area is 227 Å². The first kappa shape index (κ1) is 25.0. The molecule has 2 saturated heterocycles. The molecule has 3 aliphatic heterocycles. The van der Waals surface area contributed by atoms with Crippen molar-refractivity contribution in [3.8, 4) is 0 Å². The summed E-state index contributed by atoms with van der Waals surface area (Å²) in [6, 6.07) is 9.03. The zero-order valence-corrected chi connectivity index (χ0v) is 22.1. The molecule has 0 aliphatic carbocycles. The van der Waals surface area contributed by atoms with Crippen LogP contribution in [0.25, 0.3) is 0 Å². The van der Waals surface area contributed by atoms with Gasteiger partial charge in [0.05, 0.1) is 34.8 Å². The number of nitrogens with zero attached hydrogens (tertiary/aromatic N) is 4. The topological polar surface area (TPSA) is 132 Å². The lowest BCUT2D eigenvalue weighted by Crippen LogP contribution is -2.43. The van der Waals surface area contributed by atoms with Gasteiger partial charge in [0, 0.05) is 40.9 Å². The number of thioether (sulfide) groups is 1. The van der Waals surface area contributed by atoms with E-state index in [0.29, 0.717) is 36.2 Å². The second-order valence-electron chi connectivity index (χ2n) is 8.96. The predicted molar refractivity (Wildman–Crippen MR) is 141 cm³/mol. The van der Waals surface area contributed by atoms with Crippen molar-refractivity contribution in [1.82, 2.24) is 9.47 Å². The van der Waals surface area contributed by atoms with E-state index in [1.54, 1.807) is 4.90 Å². The first-order chi connectivity index (χ1) is 18.3. The SMILES string of the molecule is O=C(Cn1c2c(sc1=O)[C@@H](c1cccs1)C1C(=O)N(c3ccc([N+](=O)[O-])cc3)C(=O)C1S2)N1CCOCC1. The minimum atomic E-state index is -0.809. The van der Waals surface area contributed by atoms with Gasteiger partial charge in [-0.05, 0) is 23.6 Å². The minimum absolute atomic E-state index is 0.146. The molecule has 3 aromatic rings. The Bertz CT molecular complexity index is 1490. The number of fused-ring (bicyclic) bond motifs is 2. The average Bonchev–Trinajstić information content (AvgIpc) is 3.62. The van der Waals surface area contributed by atoms with Crippen molar-refractivity contribution in [2.75, 3.05) is 31.2 Å². The van der Waals surface area contributed by atoms with E-state index in [-0.39, 0.29) is 28.7 Å². The molecule has 2 fully saturated rings. The molecule has 1 aromatic carbocycles. The van der Waals surface area contributed by atoms with Gasteiger partial charge in [0.1, 0.15) is 11.8 Å². The smallest absolute Gasteiger partial charge is 0.308 e. The van der Waals surface area contributed by atoms with Crippen molar-refractivity contribution >= 4 is 63.5 Å². The Balaban J connectivity index is 1.39. The molecule has 0 spiro atoms. The van der Waals surface area contributed by atoms with Crippen LogP contribution in [-0.2, 0) is 25.7 Å². The Morgan fingerprint density at radius 1 is 1.08 bits per heavy atom. The van der Waals surface area contributed by atoms with E-state index >= 15 is 0 Å². The van der Waals surface area contributed by atoms with Crippen molar-refractivity contribution in [2.24, 2.45) is 5.92 Å². The monoisotopic (exact) mass is 572 g/mol. The highest BCUT2D eigenvalue weighted by Gasteiger charge is 2.57. The zero-order valence-electron chi connectivity index (χ0n) is 19.7. The van der Waals surface area contributed by atoms with Gasteiger partial charge in [0.15, 0.2) is 0 Å². The third-order valence-electron chi connectivity index (χ3n) is 6.87. The summed E-state index contributed by atoms with van der Waals surface area (Å²) >= 11 is 3.59. The van der Waals surface area contributed by atoms with Crippen LogP contribution in [0.1, 0.15) is 15.7 Å². The van der Waals surface area contributed by atoms with Gasteiger partial charge in [-0.1, -0.05) is 29.2 Å². The fraction of sp³-hybridized carbons (Fsp3) is 0.333. The molecule has 6 rings (SSSR count). The summed E-state index contributed by atoms with van der Waals surface area (Å²) < 4.78 is 6.74. The first-order valence-corrected chi connectivity index (χ1v) is 14.3. The van der Waals surface area contributed by atoms with Crippen LogP contribution in [0.5, 0.6) is 0 Å². The third kappa shape index (κ3) is 4.08. The van der Waals surface area contributed by atoms with Gasteiger partial charge in [-0.3, -0.25) is 33.9 Å². The van der Waals surface area contributed by atoms with Crippen molar-refractivity contribution in [2.45, 2.75) is 22.7 Å². The molecule has 5 heterocycles. The van der Waals surface area contributed by atoms with Crippen LogP contribution < -0.4 is 9.77 Å². The van der Waals surface area contributed by atoms with Crippen molar-refractivity contribution < 1.29 is 24.0 Å². The molecule has 196 valence electrons. The number of amides is 3. The van der Waals surface area contributed by atoms with Gasteiger partial charge in [0.25, 0.3) is 5.69 Å². The number of carbonyl (C=O) groups is 3. The third-order valence-corrected chi connectivity index (χ3v) is 10.4. The summed E-state index contributed by atoms with van der Waals surface area (Å²) in [4.78, 5) is 68.1. The largest absolute Gasteiger partial charge is 0.378 e. The highest BCUT2D eigenvalue weighted by Crippen LogP contribution is 2.54. The van der Waals surface area contributed by atoms with Crippen LogP contribution >= 0.6 is 34.4 Å². The average molecular weight is 573 g/mol. The summed E-state index contributed by atoms with van der Waals surface area (Å²) in [5.41, 5.74) is 0.112. The lowest BCUT2D eigenvalue weighted by molar-refractivity contribution is -0.384. The number of carbonyl (C=O) groups excluding carboxylic acids is 3. The molecule has 38 heavy (non-hydrogen) atoms. The summed E-state index contributed by atoms with van der Waals surface area (Å²) in [7, 11) is 0. The number of thiazole rings is 1. The van der Waals surface area contributed by atoms with E-state index in [9.17, 15) is 29.3 Å². The van der Waals surface area contributed by atoms with Crippen LogP contribution in [0.4, 0.5) is 11.4 Å². The number of hydrogen-bond donors (Lipinski definition) is 0. The number of thiophene rings is 1. The van der Waals surface area contributed by atoms with Gasteiger partial charge in [0.2, 0.25) is 17.7 Å². The number of benzene rings is 1. The van der Waals surface area contributed by atoms with E-state index in [4.69, 9.17) is 4.74 Å². The number of morpholine rings is 1. The predicted octanol–water partition coefficient (Wildman–Crippen LogP) is 2.53. The lowest BCUT2D eigenvalue weighted by Gasteiger charge is -2.30. The van der Waals surface area contributed by atoms with Gasteiger partial charge in [-0.25, -0.2) is 4.90 Å². The Morgan fingerprint density at radius 3 is 2.47 bits per heavy atom. The van der Waals surface area contributed by atoms with Crippen LogP contribution in [0, 0.1) is 16.0 Å². The Morgan fingerprint density at radius 2 is 1.82 bits per heavy atom. The molecule has 0 saturated carbocycles. The van der Waals surface area contributed by atoms with E-state index in [1.165, 1.54) is 40.2 Å². The number of nitro groups is 1. The van der Waals surface area contributed by atoms with E-state index in [1.807, 2.05) is 17.5 Å². The fourth-order valence-corrected chi connectivity index (χ4v) is 8.78. The number of non-ortho nitro benzene ring substituents is 1. The van der Waals surface area contributed by atoms with Crippen LogP contribution in [0.3, 0.4) is 0 Å². The van der Waals surface area contributed by atoms with Crippen molar-refractivity contribution in [3.63, 3.8) is 0 Å². The Hall–Kier alpha value is -3.33. The number of nitro benzene ring substituents is 1. The molecular weight excluding hydrogens is 552 g/mol. The summed E-state index contributed by atoms with van der Waals surface area (Å²) in [6.07, 6.45) is 0. The second-order valence-corrected chi connectivity index (χ2v) is 12.1. The molecule has 0 N–H and O–H groups in total. The van der Waals surface area contributed by atoms with Crippen LogP contribution in [0.15, 0.2) is 51.6 Å². The second kappa shape index (κ2) is 9.76. The van der Waals surface area contributed by atoms with Gasteiger partial charge in [-0.15, -0.1) is 11.3 Å². The molecule has 3 amide bonds. The van der Waals surface area contributed by atoms with Crippen molar-refractivity contribution in [1.29, 1.82) is 0 Å². The number of ether oxygens (including phenoxy) is 1. The molecule has 11 nitrogen and oxygen atoms in total.